The second-order valence-corrected chi connectivity index (χ2v) is 4.38. The molecule has 1 heterocycles. The third-order valence-electron chi connectivity index (χ3n) is 2.42. The van der Waals surface area contributed by atoms with Gasteiger partial charge in [0.2, 0.25) is 5.88 Å². The Kier molecular flexibility index (Phi) is 6.28. The third kappa shape index (κ3) is 4.79. The molecule has 0 saturated carbocycles. The number of hydrogen-bond donors (Lipinski definition) is 2. The minimum atomic E-state index is 0.425. The number of nitrogens with one attached hydrogen (secondary N) is 1. The van der Waals surface area contributed by atoms with Gasteiger partial charge in [0.05, 0.1) is 18.9 Å². The second kappa shape index (κ2) is 7.76. The molecule has 1 atom stereocenters. The number of anilines is 2. The Morgan fingerprint density at radius 2 is 2.22 bits per heavy atom. The molecule has 0 saturated heterocycles. The number of methoxy groups -OCH3 is 1. The fraction of sp³-hybridized carbons (Fsp3) is 0.615. The fourth-order valence-electron chi connectivity index (χ4n) is 1.49. The number of hydrogen-bond acceptors (Lipinski definition) is 5. The van der Waals surface area contributed by atoms with Crippen LogP contribution in [0.25, 0.3) is 0 Å². The van der Waals surface area contributed by atoms with Crippen LogP contribution in [-0.4, -0.2) is 31.9 Å². The summed E-state index contributed by atoms with van der Waals surface area (Å²) in [5, 5.41) is 3.25. The van der Waals surface area contributed by atoms with E-state index in [1.54, 1.807) is 13.2 Å². The molecule has 0 spiro atoms. The van der Waals surface area contributed by atoms with Crippen LogP contribution in [-0.2, 0) is 4.74 Å². The monoisotopic (exact) mass is 253 g/mol. The summed E-state index contributed by atoms with van der Waals surface area (Å²) < 4.78 is 10.6. The van der Waals surface area contributed by atoms with Gasteiger partial charge in [0, 0.05) is 13.7 Å². The average molecular weight is 253 g/mol. The van der Waals surface area contributed by atoms with Crippen LogP contribution < -0.4 is 15.8 Å². The van der Waals surface area contributed by atoms with Crippen molar-refractivity contribution in [3.63, 3.8) is 0 Å². The summed E-state index contributed by atoms with van der Waals surface area (Å²) in [6, 6.07) is 3.66. The lowest BCUT2D eigenvalue weighted by Gasteiger charge is -2.13. The zero-order valence-corrected chi connectivity index (χ0v) is 11.4. The first kappa shape index (κ1) is 14.6. The maximum absolute atomic E-state index is 5.80. The Morgan fingerprint density at radius 3 is 2.89 bits per heavy atom. The van der Waals surface area contributed by atoms with Crippen molar-refractivity contribution in [2.45, 2.75) is 20.3 Å². The highest BCUT2D eigenvalue weighted by atomic mass is 16.5. The molecule has 0 aliphatic carbocycles. The molecule has 1 aromatic heterocycles. The predicted molar refractivity (Wildman–Crippen MR) is 74.0 cm³/mol. The van der Waals surface area contributed by atoms with Crippen LogP contribution >= 0.6 is 0 Å². The number of pyridine rings is 1. The van der Waals surface area contributed by atoms with Crippen LogP contribution in [0.3, 0.4) is 0 Å². The molecule has 0 radical (unpaired) electrons. The largest absolute Gasteiger partial charge is 0.476 e. The van der Waals surface area contributed by atoms with Crippen molar-refractivity contribution in [2.24, 2.45) is 5.92 Å². The van der Waals surface area contributed by atoms with E-state index in [-0.39, 0.29) is 0 Å². The molecule has 0 aliphatic rings. The normalized spacial score (nSPS) is 12.2. The number of aromatic nitrogens is 1. The standard InChI is InChI=1S/C13H23N3O2/c1-4-7-18-13-11(14)5-6-12(16-13)15-8-10(2)9-17-3/h5-6,10H,4,7-9,14H2,1-3H3,(H,15,16). The molecule has 5 heteroatoms. The van der Waals surface area contributed by atoms with E-state index in [0.29, 0.717) is 24.1 Å². The van der Waals surface area contributed by atoms with E-state index in [9.17, 15) is 0 Å². The van der Waals surface area contributed by atoms with Crippen molar-refractivity contribution in [1.82, 2.24) is 4.98 Å². The van der Waals surface area contributed by atoms with E-state index in [4.69, 9.17) is 15.2 Å². The molecular weight excluding hydrogens is 230 g/mol. The molecule has 1 rings (SSSR count). The molecule has 102 valence electrons. The summed E-state index contributed by atoms with van der Waals surface area (Å²) in [6.45, 7) is 6.31. The molecule has 18 heavy (non-hydrogen) atoms. The molecule has 1 unspecified atom stereocenters. The molecule has 3 N–H and O–H groups in total. The molecule has 5 nitrogen and oxygen atoms in total. The first-order valence-electron chi connectivity index (χ1n) is 6.29. The lowest BCUT2D eigenvalue weighted by Crippen LogP contribution is -2.16. The summed E-state index contributed by atoms with van der Waals surface area (Å²) in [5.41, 5.74) is 6.37. The molecule has 0 aromatic carbocycles. The molecule has 0 amide bonds. The van der Waals surface area contributed by atoms with Crippen molar-refractivity contribution < 1.29 is 9.47 Å². The number of nitrogen functional groups attached to an aromatic ring is 1. The van der Waals surface area contributed by atoms with Gasteiger partial charge in [-0.2, -0.15) is 4.98 Å². The maximum Gasteiger partial charge on any atom is 0.239 e. The van der Waals surface area contributed by atoms with E-state index in [1.807, 2.05) is 13.0 Å². The summed E-state index contributed by atoms with van der Waals surface area (Å²) in [6.07, 6.45) is 0.934. The van der Waals surface area contributed by atoms with Gasteiger partial charge in [-0.15, -0.1) is 0 Å². The zero-order chi connectivity index (χ0) is 13.4. The Hall–Kier alpha value is -1.49. The van der Waals surface area contributed by atoms with Crippen molar-refractivity contribution >= 4 is 11.5 Å². The van der Waals surface area contributed by atoms with Crippen LogP contribution in [0.5, 0.6) is 5.88 Å². The number of ether oxygens (including phenoxy) is 2. The Labute approximate surface area is 109 Å². The minimum absolute atomic E-state index is 0.425. The topological polar surface area (TPSA) is 69.4 Å². The SMILES string of the molecule is CCCOc1nc(NCC(C)COC)ccc1N. The van der Waals surface area contributed by atoms with Crippen LogP contribution in [0, 0.1) is 5.92 Å². The first-order valence-corrected chi connectivity index (χ1v) is 6.29. The smallest absolute Gasteiger partial charge is 0.239 e. The van der Waals surface area contributed by atoms with Crippen molar-refractivity contribution in [2.75, 3.05) is 37.9 Å². The number of nitrogens with two attached hydrogens (primary N) is 1. The minimum Gasteiger partial charge on any atom is -0.476 e. The molecule has 1 aromatic rings. The molecular formula is C13H23N3O2. The quantitative estimate of drug-likeness (QED) is 0.743. The summed E-state index contributed by atoms with van der Waals surface area (Å²) in [5.74, 6) is 1.70. The average Bonchev–Trinajstić information content (AvgIpc) is 2.36. The summed E-state index contributed by atoms with van der Waals surface area (Å²) in [7, 11) is 1.70. The third-order valence-corrected chi connectivity index (χ3v) is 2.42. The van der Waals surface area contributed by atoms with Gasteiger partial charge in [0.1, 0.15) is 5.82 Å². The predicted octanol–water partition coefficient (Wildman–Crippen LogP) is 2.15. The van der Waals surface area contributed by atoms with E-state index in [0.717, 1.165) is 25.4 Å². The van der Waals surface area contributed by atoms with Crippen molar-refractivity contribution in [3.8, 4) is 5.88 Å². The van der Waals surface area contributed by atoms with Crippen LogP contribution in [0.1, 0.15) is 20.3 Å². The Morgan fingerprint density at radius 1 is 1.44 bits per heavy atom. The second-order valence-electron chi connectivity index (χ2n) is 4.38. The van der Waals surface area contributed by atoms with Gasteiger partial charge in [0.15, 0.2) is 0 Å². The lowest BCUT2D eigenvalue weighted by atomic mass is 10.2. The van der Waals surface area contributed by atoms with Gasteiger partial charge in [0.25, 0.3) is 0 Å². The molecule has 0 aliphatic heterocycles. The van der Waals surface area contributed by atoms with E-state index < -0.39 is 0 Å². The highest BCUT2D eigenvalue weighted by Crippen LogP contribution is 2.21. The van der Waals surface area contributed by atoms with E-state index in [1.165, 1.54) is 0 Å². The zero-order valence-electron chi connectivity index (χ0n) is 11.4. The van der Waals surface area contributed by atoms with E-state index in [2.05, 4.69) is 17.2 Å². The van der Waals surface area contributed by atoms with Crippen LogP contribution in [0.15, 0.2) is 12.1 Å². The fourth-order valence-corrected chi connectivity index (χ4v) is 1.49. The summed E-state index contributed by atoms with van der Waals surface area (Å²) in [4.78, 5) is 4.34. The number of rotatable bonds is 8. The van der Waals surface area contributed by atoms with Crippen molar-refractivity contribution in [1.29, 1.82) is 0 Å². The highest BCUT2D eigenvalue weighted by Gasteiger charge is 2.06. The lowest BCUT2D eigenvalue weighted by molar-refractivity contribution is 0.164. The van der Waals surface area contributed by atoms with Gasteiger partial charge in [-0.1, -0.05) is 13.8 Å². The maximum atomic E-state index is 5.80. The molecule has 0 fully saturated rings. The van der Waals surface area contributed by atoms with Gasteiger partial charge in [-0.05, 0) is 24.5 Å². The Balaban J connectivity index is 2.55. The van der Waals surface area contributed by atoms with Gasteiger partial charge in [-0.3, -0.25) is 0 Å². The highest BCUT2D eigenvalue weighted by molar-refractivity contribution is 5.53. The van der Waals surface area contributed by atoms with E-state index >= 15 is 0 Å². The van der Waals surface area contributed by atoms with Gasteiger partial charge in [-0.25, -0.2) is 0 Å². The number of nitrogens with zero attached hydrogens (tertiary/aromatic N) is 1. The van der Waals surface area contributed by atoms with Crippen LogP contribution in [0.2, 0.25) is 0 Å². The molecule has 0 bridgehead atoms. The van der Waals surface area contributed by atoms with Crippen molar-refractivity contribution in [3.05, 3.63) is 12.1 Å². The van der Waals surface area contributed by atoms with Gasteiger partial charge < -0.3 is 20.5 Å². The van der Waals surface area contributed by atoms with Crippen LogP contribution in [0.4, 0.5) is 11.5 Å². The van der Waals surface area contributed by atoms with Gasteiger partial charge >= 0.3 is 0 Å². The Bertz CT molecular complexity index is 358. The first-order chi connectivity index (χ1) is 8.67. The summed E-state index contributed by atoms with van der Waals surface area (Å²) >= 11 is 0.